The fraction of sp³-hybridized carbons (Fsp3) is 0.188. The van der Waals surface area contributed by atoms with Crippen LogP contribution in [0, 0.1) is 0 Å². The fourth-order valence-electron chi connectivity index (χ4n) is 1.94. The Labute approximate surface area is 133 Å². The number of carboxylic acid groups (broad SMARTS) is 1. The maximum absolute atomic E-state index is 11.0. The smallest absolute Gasteiger partial charge is 0.325 e. The zero-order chi connectivity index (χ0) is 16.1. The van der Waals surface area contributed by atoms with Crippen molar-refractivity contribution in [1.82, 2.24) is 0 Å². The van der Waals surface area contributed by atoms with E-state index in [0.29, 0.717) is 27.6 Å². The van der Waals surface area contributed by atoms with E-state index >= 15 is 0 Å². The van der Waals surface area contributed by atoms with Gasteiger partial charge in [0.25, 0.3) is 0 Å². The van der Waals surface area contributed by atoms with E-state index in [1.807, 2.05) is 0 Å². The van der Waals surface area contributed by atoms with Gasteiger partial charge >= 0.3 is 5.97 Å². The Morgan fingerprint density at radius 1 is 1.27 bits per heavy atom. The number of hydrogen-bond acceptors (Lipinski definition) is 4. The summed E-state index contributed by atoms with van der Waals surface area (Å²) in [4.78, 5) is 11.0. The molecule has 0 fully saturated rings. The Hall–Kier alpha value is -2.24. The largest absolute Gasteiger partial charge is 0.496 e. The third-order valence-electron chi connectivity index (χ3n) is 3.14. The molecule has 1 atom stereocenters. The topological polar surface area (TPSA) is 81.8 Å². The van der Waals surface area contributed by atoms with Crippen LogP contribution in [0.25, 0.3) is 0 Å². The molecule has 2 aromatic rings. The molecular formula is C16H16ClNO4. The molecule has 0 aliphatic rings. The van der Waals surface area contributed by atoms with Gasteiger partial charge in [-0.1, -0.05) is 17.7 Å². The maximum atomic E-state index is 11.0. The van der Waals surface area contributed by atoms with E-state index in [-0.39, 0.29) is 6.61 Å². The molecule has 0 amide bonds. The summed E-state index contributed by atoms with van der Waals surface area (Å²) in [6.07, 6.45) is 0. The van der Waals surface area contributed by atoms with Crippen LogP contribution in [0.1, 0.15) is 17.2 Å². The van der Waals surface area contributed by atoms with E-state index < -0.39 is 12.0 Å². The fourth-order valence-corrected chi connectivity index (χ4v) is 2.07. The van der Waals surface area contributed by atoms with E-state index in [4.69, 9.17) is 31.9 Å². The Morgan fingerprint density at radius 3 is 2.55 bits per heavy atom. The minimum Gasteiger partial charge on any atom is -0.496 e. The second-order valence-corrected chi connectivity index (χ2v) is 5.07. The zero-order valence-electron chi connectivity index (χ0n) is 12.0. The number of halogens is 1. The minimum absolute atomic E-state index is 0.227. The van der Waals surface area contributed by atoms with Crippen molar-refractivity contribution >= 4 is 17.6 Å². The highest BCUT2D eigenvalue weighted by molar-refractivity contribution is 6.30. The summed E-state index contributed by atoms with van der Waals surface area (Å²) in [6, 6.07) is 10.9. The van der Waals surface area contributed by atoms with Crippen LogP contribution in [0.3, 0.4) is 0 Å². The highest BCUT2D eigenvalue weighted by Gasteiger charge is 2.16. The van der Waals surface area contributed by atoms with Crippen molar-refractivity contribution < 1.29 is 19.4 Å². The van der Waals surface area contributed by atoms with Gasteiger partial charge in [0.15, 0.2) is 0 Å². The van der Waals surface area contributed by atoms with Crippen LogP contribution in [0.15, 0.2) is 42.5 Å². The number of rotatable bonds is 6. The monoisotopic (exact) mass is 321 g/mol. The molecule has 0 saturated heterocycles. The molecule has 6 heteroatoms. The van der Waals surface area contributed by atoms with Gasteiger partial charge < -0.3 is 20.3 Å². The van der Waals surface area contributed by atoms with Crippen molar-refractivity contribution in [1.29, 1.82) is 0 Å². The minimum atomic E-state index is -1.09. The lowest BCUT2D eigenvalue weighted by Gasteiger charge is -2.14. The summed E-state index contributed by atoms with van der Waals surface area (Å²) in [5.41, 5.74) is 6.83. The Balaban J connectivity index is 2.18. The Kier molecular flexibility index (Phi) is 5.25. The zero-order valence-corrected chi connectivity index (χ0v) is 12.7. The van der Waals surface area contributed by atoms with Gasteiger partial charge in [-0.15, -0.1) is 0 Å². The number of ether oxygens (including phenoxy) is 2. The second kappa shape index (κ2) is 7.15. The number of hydrogen-bond donors (Lipinski definition) is 2. The maximum Gasteiger partial charge on any atom is 0.325 e. The lowest BCUT2D eigenvalue weighted by Crippen LogP contribution is -2.20. The third kappa shape index (κ3) is 3.90. The predicted octanol–water partition coefficient (Wildman–Crippen LogP) is 3.01. The van der Waals surface area contributed by atoms with E-state index in [0.717, 1.165) is 0 Å². The van der Waals surface area contributed by atoms with Gasteiger partial charge in [0, 0.05) is 10.6 Å². The predicted molar refractivity (Wildman–Crippen MR) is 83.3 cm³/mol. The second-order valence-electron chi connectivity index (χ2n) is 4.63. The molecule has 5 nitrogen and oxygen atoms in total. The first kappa shape index (κ1) is 16.1. The number of nitrogens with two attached hydrogens (primary N) is 1. The first-order valence-electron chi connectivity index (χ1n) is 6.55. The molecule has 0 unspecified atom stereocenters. The van der Waals surface area contributed by atoms with Crippen molar-refractivity contribution in [3.05, 3.63) is 58.6 Å². The van der Waals surface area contributed by atoms with Gasteiger partial charge in [-0.2, -0.15) is 0 Å². The average molecular weight is 322 g/mol. The number of methoxy groups -OCH3 is 1. The third-order valence-corrected chi connectivity index (χ3v) is 3.39. The molecule has 0 spiro atoms. The van der Waals surface area contributed by atoms with Crippen molar-refractivity contribution in [2.75, 3.05) is 7.11 Å². The molecule has 0 heterocycles. The number of carbonyl (C=O) groups is 1. The summed E-state index contributed by atoms with van der Waals surface area (Å²) < 4.78 is 10.9. The summed E-state index contributed by atoms with van der Waals surface area (Å²) in [5, 5.41) is 9.61. The average Bonchev–Trinajstić information content (AvgIpc) is 2.53. The highest BCUT2D eigenvalue weighted by Crippen LogP contribution is 2.25. The van der Waals surface area contributed by atoms with Gasteiger partial charge in [-0.05, 0) is 42.0 Å². The molecule has 0 aromatic heterocycles. The van der Waals surface area contributed by atoms with Crippen LogP contribution in [-0.2, 0) is 11.4 Å². The standard InChI is InChI=1S/C16H16ClNO4/c1-21-14-7-2-10(15(18)16(19)20)8-11(14)9-22-13-5-3-12(17)4-6-13/h2-8,15H,9,18H2,1H3,(H,19,20)/t15-/m0/s1. The van der Waals surface area contributed by atoms with Crippen LogP contribution in [0.4, 0.5) is 0 Å². The van der Waals surface area contributed by atoms with Gasteiger partial charge in [0.1, 0.15) is 24.1 Å². The summed E-state index contributed by atoms with van der Waals surface area (Å²) in [7, 11) is 1.54. The number of aliphatic carboxylic acids is 1. The molecule has 0 bridgehead atoms. The molecule has 0 saturated carbocycles. The molecule has 22 heavy (non-hydrogen) atoms. The van der Waals surface area contributed by atoms with E-state index in [2.05, 4.69) is 0 Å². The van der Waals surface area contributed by atoms with E-state index in [9.17, 15) is 4.79 Å². The molecule has 0 aliphatic carbocycles. The van der Waals surface area contributed by atoms with Crippen molar-refractivity contribution in [3.63, 3.8) is 0 Å². The summed E-state index contributed by atoms with van der Waals surface area (Å²) in [6.45, 7) is 0.227. The molecule has 116 valence electrons. The quantitative estimate of drug-likeness (QED) is 0.854. The van der Waals surface area contributed by atoms with Gasteiger partial charge in [0.2, 0.25) is 0 Å². The Bertz CT molecular complexity index is 658. The van der Waals surface area contributed by atoms with Crippen LogP contribution in [0.2, 0.25) is 5.02 Å². The molecule has 2 aromatic carbocycles. The van der Waals surface area contributed by atoms with Gasteiger partial charge in [-0.3, -0.25) is 4.79 Å². The van der Waals surface area contributed by atoms with Gasteiger partial charge in [-0.25, -0.2) is 0 Å². The molecule has 2 rings (SSSR count). The lowest BCUT2D eigenvalue weighted by atomic mass is 10.0. The van der Waals surface area contributed by atoms with Crippen molar-refractivity contribution in [2.24, 2.45) is 5.73 Å². The normalized spacial score (nSPS) is 11.8. The molecular weight excluding hydrogens is 306 g/mol. The lowest BCUT2D eigenvalue weighted by molar-refractivity contribution is -0.138. The highest BCUT2D eigenvalue weighted by atomic mass is 35.5. The molecule has 0 aliphatic heterocycles. The molecule has 3 N–H and O–H groups in total. The summed E-state index contributed by atoms with van der Waals surface area (Å²) in [5.74, 6) is 0.171. The first-order valence-corrected chi connectivity index (χ1v) is 6.92. The van der Waals surface area contributed by atoms with Crippen LogP contribution in [0.5, 0.6) is 11.5 Å². The number of carboxylic acids is 1. The summed E-state index contributed by atoms with van der Waals surface area (Å²) >= 11 is 5.82. The first-order chi connectivity index (χ1) is 10.5. The Morgan fingerprint density at radius 2 is 1.95 bits per heavy atom. The van der Waals surface area contributed by atoms with Gasteiger partial charge in [0.05, 0.1) is 7.11 Å². The molecule has 0 radical (unpaired) electrons. The van der Waals surface area contributed by atoms with Crippen LogP contribution < -0.4 is 15.2 Å². The van der Waals surface area contributed by atoms with Crippen LogP contribution >= 0.6 is 11.6 Å². The van der Waals surface area contributed by atoms with Crippen molar-refractivity contribution in [3.8, 4) is 11.5 Å². The number of benzene rings is 2. The van der Waals surface area contributed by atoms with E-state index in [1.165, 1.54) is 7.11 Å². The van der Waals surface area contributed by atoms with Crippen LogP contribution in [-0.4, -0.2) is 18.2 Å². The van der Waals surface area contributed by atoms with E-state index in [1.54, 1.807) is 42.5 Å². The van der Waals surface area contributed by atoms with Crippen molar-refractivity contribution in [2.45, 2.75) is 12.6 Å². The SMILES string of the molecule is COc1ccc([C@H](N)C(=O)O)cc1COc1ccc(Cl)cc1.